The number of benzene rings is 1. The van der Waals surface area contributed by atoms with Gasteiger partial charge in [-0.3, -0.25) is 14.7 Å². The number of halogens is 2. The highest BCUT2D eigenvalue weighted by atomic mass is 19.2. The van der Waals surface area contributed by atoms with Gasteiger partial charge in [-0.15, -0.1) is 0 Å². The highest BCUT2D eigenvalue weighted by Crippen LogP contribution is 2.41. The molecule has 3 N–H and O–H groups in total. The van der Waals surface area contributed by atoms with E-state index in [0.717, 1.165) is 24.6 Å². The van der Waals surface area contributed by atoms with Crippen LogP contribution in [0.2, 0.25) is 0 Å². The quantitative estimate of drug-likeness (QED) is 0.590. The van der Waals surface area contributed by atoms with E-state index in [1.165, 1.54) is 17.0 Å². The van der Waals surface area contributed by atoms with Gasteiger partial charge < -0.3 is 19.9 Å². The molecule has 1 aliphatic carbocycles. The summed E-state index contributed by atoms with van der Waals surface area (Å²) in [6.07, 6.45) is 1.96. The molecule has 10 heteroatoms. The summed E-state index contributed by atoms with van der Waals surface area (Å²) in [5, 5.41) is 16.7. The van der Waals surface area contributed by atoms with Crippen molar-refractivity contribution in [2.45, 2.75) is 31.3 Å². The second-order valence-electron chi connectivity index (χ2n) is 8.26. The number of carbonyl (C=O) groups is 2. The molecule has 0 unspecified atom stereocenters. The van der Waals surface area contributed by atoms with E-state index in [0.29, 0.717) is 24.0 Å². The minimum atomic E-state index is -1.00. The Hall–Kier alpha value is -3.27. The minimum absolute atomic E-state index is 0.0144. The number of amides is 2. The predicted molar refractivity (Wildman–Crippen MR) is 106 cm³/mol. The number of hydrogen-bond acceptors (Lipinski definition) is 4. The van der Waals surface area contributed by atoms with E-state index in [-0.39, 0.29) is 41.7 Å². The lowest BCUT2D eigenvalue weighted by Gasteiger charge is -2.29. The fourth-order valence-corrected chi connectivity index (χ4v) is 4.19. The van der Waals surface area contributed by atoms with Crippen molar-refractivity contribution in [2.75, 3.05) is 20.2 Å². The summed E-state index contributed by atoms with van der Waals surface area (Å²) in [6, 6.07) is 3.70. The monoisotopic (exact) mass is 429 g/mol. The molecule has 0 saturated heterocycles. The second-order valence-corrected chi connectivity index (χ2v) is 8.26. The smallest absolute Gasteiger partial charge is 0.274 e. The van der Waals surface area contributed by atoms with E-state index in [2.05, 4.69) is 15.2 Å². The summed E-state index contributed by atoms with van der Waals surface area (Å²) in [6.45, 7) is 0.451. The molecule has 1 fully saturated rings. The molecule has 1 aromatic carbocycles. The van der Waals surface area contributed by atoms with E-state index in [4.69, 9.17) is 0 Å². The van der Waals surface area contributed by atoms with Crippen molar-refractivity contribution in [1.82, 2.24) is 25.0 Å². The molecule has 162 valence electrons. The Morgan fingerprint density at radius 2 is 2.10 bits per heavy atom. The summed E-state index contributed by atoms with van der Waals surface area (Å²) in [7, 11) is 1.65. The van der Waals surface area contributed by atoms with Crippen LogP contribution in [0.15, 0.2) is 18.2 Å². The van der Waals surface area contributed by atoms with Gasteiger partial charge in [-0.25, -0.2) is 8.78 Å². The van der Waals surface area contributed by atoms with Crippen LogP contribution in [0.25, 0.3) is 10.9 Å². The number of fused-ring (bicyclic) bond motifs is 2. The zero-order valence-electron chi connectivity index (χ0n) is 16.8. The second kappa shape index (κ2) is 6.88. The lowest BCUT2D eigenvalue weighted by atomic mass is 10.0. The van der Waals surface area contributed by atoms with Gasteiger partial charge >= 0.3 is 0 Å². The van der Waals surface area contributed by atoms with Gasteiger partial charge in [-0.1, -0.05) is 0 Å². The van der Waals surface area contributed by atoms with Crippen LogP contribution < -0.4 is 0 Å². The molecular formula is C21H21F2N5O3. The molecule has 2 amide bonds. The first-order valence-corrected chi connectivity index (χ1v) is 10.1. The Labute approximate surface area is 175 Å². The lowest BCUT2D eigenvalue weighted by molar-refractivity contribution is 0.0607. The van der Waals surface area contributed by atoms with E-state index >= 15 is 0 Å². The van der Waals surface area contributed by atoms with Crippen molar-refractivity contribution in [3.8, 4) is 0 Å². The van der Waals surface area contributed by atoms with E-state index < -0.39 is 17.2 Å². The summed E-state index contributed by atoms with van der Waals surface area (Å²) < 4.78 is 27.5. The minimum Gasteiger partial charge on any atom is -0.394 e. The molecule has 3 aromatic rings. The van der Waals surface area contributed by atoms with Crippen molar-refractivity contribution in [2.24, 2.45) is 0 Å². The standard InChI is InChI=1S/C21H21F2N5O3/c1-27(21(10-29)5-6-21)20(31)18-12-9-28(7-4-15(12)25-26-18)19(30)16-8-11-14(24-16)3-2-13(22)17(11)23/h2-3,8,24,29H,4-7,9-10H2,1H3,(H,25,26). The first-order valence-electron chi connectivity index (χ1n) is 10.1. The molecule has 3 heterocycles. The van der Waals surface area contributed by atoms with Gasteiger partial charge in [-0.2, -0.15) is 5.10 Å². The van der Waals surface area contributed by atoms with Crippen LogP contribution in [0.3, 0.4) is 0 Å². The number of carbonyl (C=O) groups excluding carboxylic acids is 2. The van der Waals surface area contributed by atoms with Crippen LogP contribution in [-0.2, 0) is 13.0 Å². The molecule has 0 bridgehead atoms. The van der Waals surface area contributed by atoms with Crippen molar-refractivity contribution < 1.29 is 23.5 Å². The first-order chi connectivity index (χ1) is 14.8. The molecule has 2 aliphatic rings. The molecule has 1 aliphatic heterocycles. The molecule has 0 spiro atoms. The molecule has 5 rings (SSSR count). The van der Waals surface area contributed by atoms with Gasteiger partial charge in [0.05, 0.1) is 18.7 Å². The maximum absolute atomic E-state index is 14.0. The van der Waals surface area contributed by atoms with Gasteiger partial charge in [-0.05, 0) is 31.0 Å². The van der Waals surface area contributed by atoms with Crippen LogP contribution >= 0.6 is 0 Å². The van der Waals surface area contributed by atoms with Gasteiger partial charge in [0, 0.05) is 42.2 Å². The third kappa shape index (κ3) is 3.01. The highest BCUT2D eigenvalue weighted by Gasteiger charge is 2.49. The predicted octanol–water partition coefficient (Wildman–Crippen LogP) is 1.96. The number of rotatable bonds is 4. The Kier molecular flexibility index (Phi) is 4.37. The number of hydrogen-bond donors (Lipinski definition) is 3. The van der Waals surface area contributed by atoms with Crippen molar-refractivity contribution >= 4 is 22.7 Å². The highest BCUT2D eigenvalue weighted by molar-refractivity contribution is 5.99. The fourth-order valence-electron chi connectivity index (χ4n) is 4.19. The van der Waals surface area contributed by atoms with E-state index in [1.54, 1.807) is 11.9 Å². The summed E-state index contributed by atoms with van der Waals surface area (Å²) >= 11 is 0. The lowest BCUT2D eigenvalue weighted by Crippen LogP contribution is -2.42. The van der Waals surface area contributed by atoms with Crippen LogP contribution in [0.1, 0.15) is 45.1 Å². The summed E-state index contributed by atoms with van der Waals surface area (Å²) in [5.74, 6) is -2.65. The van der Waals surface area contributed by atoms with Gasteiger partial charge in [0.2, 0.25) is 0 Å². The zero-order chi connectivity index (χ0) is 21.9. The van der Waals surface area contributed by atoms with Crippen LogP contribution in [-0.4, -0.2) is 67.6 Å². The van der Waals surface area contributed by atoms with Crippen molar-refractivity contribution in [3.63, 3.8) is 0 Å². The van der Waals surface area contributed by atoms with Gasteiger partial charge in [0.25, 0.3) is 11.8 Å². The Morgan fingerprint density at radius 3 is 2.81 bits per heavy atom. The molecule has 0 atom stereocenters. The molecule has 0 radical (unpaired) electrons. The number of aliphatic hydroxyl groups is 1. The SMILES string of the molecule is CN(C(=O)c1n[nH]c2c1CN(C(=O)c1cc3c(F)c(F)ccc3[nH]1)CC2)C1(CO)CC1. The van der Waals surface area contributed by atoms with Crippen LogP contribution in [0.4, 0.5) is 8.78 Å². The molecule has 8 nitrogen and oxygen atoms in total. The molecule has 31 heavy (non-hydrogen) atoms. The largest absolute Gasteiger partial charge is 0.394 e. The van der Waals surface area contributed by atoms with Crippen molar-refractivity contribution in [3.05, 3.63) is 52.5 Å². The maximum atomic E-state index is 14.0. The number of aromatic nitrogens is 3. The number of nitrogens with one attached hydrogen (secondary N) is 2. The molecule has 1 saturated carbocycles. The average molecular weight is 429 g/mol. The normalized spacial score (nSPS) is 17.0. The van der Waals surface area contributed by atoms with E-state index in [1.807, 2.05) is 0 Å². The third-order valence-corrected chi connectivity index (χ3v) is 6.48. The molecular weight excluding hydrogens is 408 g/mol. The topological polar surface area (TPSA) is 105 Å². The Morgan fingerprint density at radius 1 is 1.32 bits per heavy atom. The number of aromatic amines is 2. The van der Waals surface area contributed by atoms with Crippen LogP contribution in [0.5, 0.6) is 0 Å². The van der Waals surface area contributed by atoms with Gasteiger partial charge in [0.1, 0.15) is 5.69 Å². The number of aliphatic hydroxyl groups excluding tert-OH is 1. The summed E-state index contributed by atoms with van der Waals surface area (Å²) in [4.78, 5) is 32.0. The van der Waals surface area contributed by atoms with Gasteiger partial charge in [0.15, 0.2) is 17.3 Å². The number of nitrogens with zero attached hydrogens (tertiary/aromatic N) is 3. The first kappa shape index (κ1) is 19.7. The Balaban J connectivity index is 1.41. The number of likely N-dealkylation sites (N-methyl/N-ethyl adjacent to an activating group) is 1. The average Bonchev–Trinajstić information content (AvgIpc) is 3.27. The van der Waals surface area contributed by atoms with E-state index in [9.17, 15) is 23.5 Å². The zero-order valence-corrected chi connectivity index (χ0v) is 16.8. The number of H-pyrrole nitrogens is 2. The third-order valence-electron chi connectivity index (χ3n) is 6.48. The summed E-state index contributed by atoms with van der Waals surface area (Å²) in [5.41, 5.74) is 1.61. The fraction of sp³-hybridized carbons (Fsp3) is 0.381. The van der Waals surface area contributed by atoms with Crippen LogP contribution in [0, 0.1) is 11.6 Å². The van der Waals surface area contributed by atoms with Crippen molar-refractivity contribution in [1.29, 1.82) is 0 Å². The Bertz CT molecular complexity index is 1210. The maximum Gasteiger partial charge on any atom is 0.274 e. The molecule has 2 aromatic heterocycles.